The SMILES string of the molecule is COc1c(Oc2nnc(C(F)(F)F)c(C)c2C(=O)Nc2cccc(S(C)(=O)=O)c2)ccc(Cl)c1F. The summed E-state index contributed by atoms with van der Waals surface area (Å²) in [6, 6.07) is 7.34. The van der Waals surface area contributed by atoms with Crippen molar-refractivity contribution in [2.75, 3.05) is 18.7 Å². The summed E-state index contributed by atoms with van der Waals surface area (Å²) in [4.78, 5) is 12.9. The van der Waals surface area contributed by atoms with Crippen LogP contribution in [0, 0.1) is 12.7 Å². The van der Waals surface area contributed by atoms with Gasteiger partial charge in [-0.05, 0) is 42.8 Å². The molecule has 0 fully saturated rings. The number of alkyl halides is 3. The van der Waals surface area contributed by atoms with Gasteiger partial charge in [-0.15, -0.1) is 10.2 Å². The van der Waals surface area contributed by atoms with Gasteiger partial charge in [0.2, 0.25) is 0 Å². The van der Waals surface area contributed by atoms with Gasteiger partial charge >= 0.3 is 6.18 Å². The minimum atomic E-state index is -4.95. The molecule has 14 heteroatoms. The van der Waals surface area contributed by atoms with E-state index >= 15 is 0 Å². The fourth-order valence-electron chi connectivity index (χ4n) is 2.99. The number of hydrogen-bond donors (Lipinski definition) is 1. The average Bonchev–Trinajstić information content (AvgIpc) is 2.75. The van der Waals surface area contributed by atoms with Crippen molar-refractivity contribution >= 4 is 33.0 Å². The first kappa shape index (κ1) is 26.2. The third-order valence-electron chi connectivity index (χ3n) is 4.63. The zero-order chi connectivity index (χ0) is 26.1. The van der Waals surface area contributed by atoms with E-state index in [-0.39, 0.29) is 21.4 Å². The van der Waals surface area contributed by atoms with E-state index in [1.807, 2.05) is 0 Å². The highest BCUT2D eigenvalue weighted by atomic mass is 35.5. The van der Waals surface area contributed by atoms with E-state index in [9.17, 15) is 30.8 Å². The fraction of sp³-hybridized carbons (Fsp3) is 0.190. The highest BCUT2D eigenvalue weighted by Crippen LogP contribution is 2.39. The minimum Gasteiger partial charge on any atom is -0.490 e. The third kappa shape index (κ3) is 5.62. The maximum Gasteiger partial charge on any atom is 0.435 e. The molecular formula is C21H16ClF4N3O5S. The van der Waals surface area contributed by atoms with E-state index < -0.39 is 56.2 Å². The normalized spacial score (nSPS) is 11.8. The lowest BCUT2D eigenvalue weighted by molar-refractivity contribution is -0.142. The van der Waals surface area contributed by atoms with Crippen LogP contribution in [0.25, 0.3) is 0 Å². The van der Waals surface area contributed by atoms with Gasteiger partial charge < -0.3 is 14.8 Å². The number of halogens is 5. The summed E-state index contributed by atoms with van der Waals surface area (Å²) < 4.78 is 88.6. The number of sulfone groups is 1. The molecule has 1 amide bonds. The number of benzene rings is 2. The second kappa shape index (κ2) is 9.66. The van der Waals surface area contributed by atoms with Gasteiger partial charge in [0.15, 0.2) is 32.8 Å². The zero-order valence-corrected chi connectivity index (χ0v) is 19.8. The molecule has 0 saturated carbocycles. The molecule has 0 aliphatic carbocycles. The molecular weight excluding hydrogens is 518 g/mol. The molecule has 3 rings (SSSR count). The molecule has 0 saturated heterocycles. The van der Waals surface area contributed by atoms with Crippen LogP contribution in [0.3, 0.4) is 0 Å². The number of hydrogen-bond acceptors (Lipinski definition) is 7. The van der Waals surface area contributed by atoms with E-state index in [0.29, 0.717) is 0 Å². The minimum absolute atomic E-state index is 0.0243. The molecule has 0 bridgehead atoms. The van der Waals surface area contributed by atoms with E-state index in [2.05, 4.69) is 15.5 Å². The summed E-state index contributed by atoms with van der Waals surface area (Å²) in [6.07, 6.45) is -4.00. The predicted octanol–water partition coefficient (Wildman–Crippen LogP) is 5.05. The highest BCUT2D eigenvalue weighted by molar-refractivity contribution is 7.90. The fourth-order valence-corrected chi connectivity index (χ4v) is 3.81. The Labute approximate surface area is 201 Å². The number of ether oxygens (including phenoxy) is 2. The number of amides is 1. The molecule has 1 N–H and O–H groups in total. The van der Waals surface area contributed by atoms with Crippen molar-refractivity contribution in [1.82, 2.24) is 10.2 Å². The second-order valence-electron chi connectivity index (χ2n) is 7.10. The lowest BCUT2D eigenvalue weighted by Crippen LogP contribution is -2.21. The number of carbonyl (C=O) groups is 1. The molecule has 0 unspecified atom stereocenters. The van der Waals surface area contributed by atoms with Crippen LogP contribution in [-0.4, -0.2) is 37.9 Å². The molecule has 8 nitrogen and oxygen atoms in total. The molecule has 3 aromatic rings. The summed E-state index contributed by atoms with van der Waals surface area (Å²) in [5, 5.41) is 8.51. The number of aromatic nitrogens is 2. The predicted molar refractivity (Wildman–Crippen MR) is 117 cm³/mol. The number of carbonyl (C=O) groups excluding carboxylic acids is 1. The van der Waals surface area contributed by atoms with Crippen LogP contribution in [0.4, 0.5) is 23.2 Å². The van der Waals surface area contributed by atoms with Gasteiger partial charge in [-0.1, -0.05) is 17.7 Å². The lowest BCUT2D eigenvalue weighted by atomic mass is 10.1. The molecule has 1 aromatic heterocycles. The summed E-state index contributed by atoms with van der Waals surface area (Å²) in [5.41, 5.74) is -2.78. The molecule has 186 valence electrons. The maximum atomic E-state index is 14.3. The Morgan fingerprint density at radius 1 is 1.14 bits per heavy atom. The van der Waals surface area contributed by atoms with Gasteiger partial charge in [-0.25, -0.2) is 12.8 Å². The maximum absolute atomic E-state index is 14.3. The Bertz CT molecular complexity index is 1410. The van der Waals surface area contributed by atoms with E-state index in [1.165, 1.54) is 18.2 Å². The lowest BCUT2D eigenvalue weighted by Gasteiger charge is -2.17. The van der Waals surface area contributed by atoms with E-state index in [4.69, 9.17) is 21.1 Å². The van der Waals surface area contributed by atoms with Gasteiger partial charge in [-0.3, -0.25) is 4.79 Å². The zero-order valence-electron chi connectivity index (χ0n) is 18.2. The van der Waals surface area contributed by atoms with Gasteiger partial charge in [-0.2, -0.15) is 13.2 Å². The number of rotatable bonds is 6. The molecule has 0 spiro atoms. The van der Waals surface area contributed by atoms with Crippen LogP contribution < -0.4 is 14.8 Å². The summed E-state index contributed by atoms with van der Waals surface area (Å²) in [7, 11) is -2.53. The molecule has 2 aromatic carbocycles. The smallest absolute Gasteiger partial charge is 0.435 e. The topological polar surface area (TPSA) is 107 Å². The van der Waals surface area contributed by atoms with Crippen molar-refractivity contribution in [3.8, 4) is 17.4 Å². The van der Waals surface area contributed by atoms with Crippen molar-refractivity contribution in [3.63, 3.8) is 0 Å². The summed E-state index contributed by atoms with van der Waals surface area (Å²) in [6.45, 7) is 0.978. The monoisotopic (exact) mass is 533 g/mol. The molecule has 35 heavy (non-hydrogen) atoms. The van der Waals surface area contributed by atoms with Crippen LogP contribution >= 0.6 is 11.6 Å². The molecule has 0 radical (unpaired) electrons. The number of methoxy groups -OCH3 is 1. The number of nitrogens with one attached hydrogen (secondary N) is 1. The van der Waals surface area contributed by atoms with Crippen LogP contribution in [0.1, 0.15) is 21.6 Å². The molecule has 0 aliphatic rings. The molecule has 0 atom stereocenters. The first-order valence-electron chi connectivity index (χ1n) is 9.49. The van der Waals surface area contributed by atoms with E-state index in [0.717, 1.165) is 38.5 Å². The Balaban J connectivity index is 2.12. The van der Waals surface area contributed by atoms with Crippen molar-refractivity contribution in [1.29, 1.82) is 0 Å². The first-order valence-corrected chi connectivity index (χ1v) is 11.8. The van der Waals surface area contributed by atoms with Crippen molar-refractivity contribution in [3.05, 3.63) is 64.1 Å². The Hall–Kier alpha value is -3.45. The van der Waals surface area contributed by atoms with Crippen LogP contribution in [0.15, 0.2) is 41.3 Å². The Morgan fingerprint density at radius 3 is 2.43 bits per heavy atom. The van der Waals surface area contributed by atoms with Gasteiger partial charge in [0, 0.05) is 11.9 Å². The van der Waals surface area contributed by atoms with E-state index in [1.54, 1.807) is 0 Å². The summed E-state index contributed by atoms with van der Waals surface area (Å²) in [5.74, 6) is -3.63. The molecule has 1 heterocycles. The van der Waals surface area contributed by atoms with Crippen LogP contribution in [-0.2, 0) is 16.0 Å². The largest absolute Gasteiger partial charge is 0.490 e. The van der Waals surface area contributed by atoms with Crippen LogP contribution in [0.2, 0.25) is 5.02 Å². The third-order valence-corrected chi connectivity index (χ3v) is 6.03. The van der Waals surface area contributed by atoms with Gasteiger partial charge in [0.1, 0.15) is 5.56 Å². The summed E-state index contributed by atoms with van der Waals surface area (Å²) >= 11 is 5.71. The van der Waals surface area contributed by atoms with Crippen molar-refractivity contribution in [2.24, 2.45) is 0 Å². The van der Waals surface area contributed by atoms with Crippen LogP contribution in [0.5, 0.6) is 17.4 Å². The first-order chi connectivity index (χ1) is 16.2. The quantitative estimate of drug-likeness (QED) is 0.442. The van der Waals surface area contributed by atoms with Gasteiger partial charge in [0.05, 0.1) is 17.0 Å². The number of nitrogens with zero attached hydrogens (tertiary/aromatic N) is 2. The Morgan fingerprint density at radius 2 is 1.83 bits per heavy atom. The van der Waals surface area contributed by atoms with Crippen molar-refractivity contribution in [2.45, 2.75) is 18.0 Å². The average molecular weight is 534 g/mol. The highest BCUT2D eigenvalue weighted by Gasteiger charge is 2.38. The second-order valence-corrected chi connectivity index (χ2v) is 9.52. The molecule has 0 aliphatic heterocycles. The van der Waals surface area contributed by atoms with Crippen molar-refractivity contribution < 1.29 is 40.2 Å². The number of anilines is 1. The standard InChI is InChI=1S/C21H16ClF4N3O5S/c1-10-15(19(30)27-11-5-4-6-12(9-11)35(3,31)32)20(29-28-18(10)21(24,25)26)34-14-8-7-13(22)16(23)17(14)33-2/h4-9H,1-3H3,(H,27,30). The van der Waals surface area contributed by atoms with Gasteiger partial charge in [0.25, 0.3) is 11.8 Å². The Kier molecular flexibility index (Phi) is 7.22.